The van der Waals surface area contributed by atoms with Gasteiger partial charge in [-0.25, -0.2) is 4.98 Å². The van der Waals surface area contributed by atoms with Crippen molar-refractivity contribution in [2.75, 3.05) is 26.3 Å². The molecule has 3 aromatic rings. The van der Waals surface area contributed by atoms with Crippen LogP contribution in [-0.2, 0) is 22.6 Å². The summed E-state index contributed by atoms with van der Waals surface area (Å²) in [5.41, 5.74) is 5.26. The van der Waals surface area contributed by atoms with Gasteiger partial charge in [-0.2, -0.15) is 5.10 Å². The van der Waals surface area contributed by atoms with Gasteiger partial charge in [-0.3, -0.25) is 10.2 Å². The number of para-hydroxylation sites is 2. The van der Waals surface area contributed by atoms with Crippen molar-refractivity contribution in [3.8, 4) is 17.2 Å². The smallest absolute Gasteiger partial charge is 0.311 e. The predicted octanol–water partition coefficient (Wildman–Crippen LogP) is 4.29. The fraction of sp³-hybridized carbons (Fsp3) is 0.261. The topological polar surface area (TPSA) is 91.3 Å². The van der Waals surface area contributed by atoms with Crippen LogP contribution in [0.2, 0.25) is 0 Å². The minimum Gasteiger partial charge on any atom is -0.496 e. The van der Waals surface area contributed by atoms with E-state index in [9.17, 15) is 4.79 Å². The quantitative estimate of drug-likeness (QED) is 0.262. The molecule has 0 spiro atoms. The van der Waals surface area contributed by atoms with Crippen LogP contribution in [0.1, 0.15) is 23.7 Å². The molecule has 32 heavy (non-hydrogen) atoms. The van der Waals surface area contributed by atoms with Crippen LogP contribution in [0.3, 0.4) is 0 Å². The molecular weight excluding hydrogens is 430 g/mol. The number of methoxy groups -OCH3 is 2. The summed E-state index contributed by atoms with van der Waals surface area (Å²) in [7, 11) is 3.22. The van der Waals surface area contributed by atoms with Gasteiger partial charge >= 0.3 is 5.97 Å². The maximum atomic E-state index is 11.5. The highest BCUT2D eigenvalue weighted by atomic mass is 32.1. The molecule has 0 saturated carbocycles. The van der Waals surface area contributed by atoms with Gasteiger partial charge < -0.3 is 18.9 Å². The van der Waals surface area contributed by atoms with Crippen LogP contribution in [0, 0.1) is 0 Å². The predicted molar refractivity (Wildman–Crippen MR) is 124 cm³/mol. The molecule has 168 valence electrons. The van der Waals surface area contributed by atoms with E-state index < -0.39 is 0 Å². The summed E-state index contributed by atoms with van der Waals surface area (Å²) in [6, 6.07) is 13.2. The van der Waals surface area contributed by atoms with Crippen molar-refractivity contribution in [2.24, 2.45) is 5.10 Å². The summed E-state index contributed by atoms with van der Waals surface area (Å²) >= 11 is 1.37. The summed E-state index contributed by atoms with van der Waals surface area (Å²) in [6.45, 7) is 2.43. The van der Waals surface area contributed by atoms with E-state index >= 15 is 0 Å². The lowest BCUT2D eigenvalue weighted by Crippen LogP contribution is -2.07. The van der Waals surface area contributed by atoms with E-state index in [4.69, 9.17) is 18.9 Å². The van der Waals surface area contributed by atoms with Crippen molar-refractivity contribution >= 4 is 28.7 Å². The molecule has 0 amide bonds. The third-order valence-electron chi connectivity index (χ3n) is 4.31. The van der Waals surface area contributed by atoms with Gasteiger partial charge in [-0.1, -0.05) is 12.1 Å². The number of carbonyl (C=O) groups excluding carboxylic acids is 1. The molecule has 8 nitrogen and oxygen atoms in total. The first-order valence-electron chi connectivity index (χ1n) is 9.94. The van der Waals surface area contributed by atoms with E-state index in [1.807, 2.05) is 42.5 Å². The fourth-order valence-corrected chi connectivity index (χ4v) is 3.51. The van der Waals surface area contributed by atoms with Crippen LogP contribution in [0.25, 0.3) is 0 Å². The molecule has 0 aliphatic heterocycles. The number of hydrogen-bond acceptors (Lipinski definition) is 9. The molecular formula is C23H25N3O5S. The molecule has 0 aliphatic rings. The normalized spacial score (nSPS) is 10.7. The average molecular weight is 456 g/mol. The first-order valence-corrected chi connectivity index (χ1v) is 10.8. The minimum absolute atomic E-state index is 0.143. The highest BCUT2D eigenvalue weighted by molar-refractivity contribution is 7.13. The molecule has 3 rings (SSSR count). The zero-order chi connectivity index (χ0) is 22.8. The Morgan fingerprint density at radius 1 is 1.12 bits per heavy atom. The molecule has 0 saturated heterocycles. The van der Waals surface area contributed by atoms with Gasteiger partial charge in [0.1, 0.15) is 12.4 Å². The Hall–Kier alpha value is -3.59. The van der Waals surface area contributed by atoms with Gasteiger partial charge in [0.05, 0.1) is 39.2 Å². The Morgan fingerprint density at radius 3 is 2.66 bits per heavy atom. The number of nitrogens with zero attached hydrogens (tertiary/aromatic N) is 2. The summed E-state index contributed by atoms with van der Waals surface area (Å²) in [4.78, 5) is 15.9. The number of rotatable bonds is 11. The maximum Gasteiger partial charge on any atom is 0.311 e. The van der Waals surface area contributed by atoms with Crippen LogP contribution in [-0.4, -0.2) is 38.0 Å². The number of thiazole rings is 1. The molecule has 0 bridgehead atoms. The van der Waals surface area contributed by atoms with Crippen molar-refractivity contribution in [1.29, 1.82) is 0 Å². The van der Waals surface area contributed by atoms with Gasteiger partial charge in [-0.15, -0.1) is 11.3 Å². The number of carbonyl (C=O) groups is 1. The Morgan fingerprint density at radius 2 is 1.91 bits per heavy atom. The Kier molecular flexibility index (Phi) is 8.44. The van der Waals surface area contributed by atoms with Gasteiger partial charge in [-0.05, 0) is 42.8 Å². The Labute approximate surface area is 190 Å². The Balaban J connectivity index is 1.63. The van der Waals surface area contributed by atoms with E-state index in [1.54, 1.807) is 32.7 Å². The van der Waals surface area contributed by atoms with Crippen LogP contribution in [0.15, 0.2) is 52.9 Å². The SMILES string of the molecule is CCOC(=O)Cc1csc(NN=Cc2ccc(OC)c(COc3ccccc3OC)c2)n1. The zero-order valence-electron chi connectivity index (χ0n) is 18.2. The molecule has 0 radical (unpaired) electrons. The zero-order valence-corrected chi connectivity index (χ0v) is 19.0. The molecule has 1 aromatic heterocycles. The first kappa shape index (κ1) is 23.1. The van der Waals surface area contributed by atoms with Gasteiger partial charge in [0, 0.05) is 10.9 Å². The first-order chi connectivity index (χ1) is 15.6. The number of nitrogens with one attached hydrogen (secondary N) is 1. The third-order valence-corrected chi connectivity index (χ3v) is 5.11. The number of benzene rings is 2. The number of aromatic nitrogens is 1. The van der Waals surface area contributed by atoms with E-state index in [0.29, 0.717) is 41.3 Å². The third kappa shape index (κ3) is 6.45. The molecule has 1 heterocycles. The number of esters is 1. The number of ether oxygens (including phenoxy) is 4. The number of anilines is 1. The second kappa shape index (κ2) is 11.7. The monoisotopic (exact) mass is 455 g/mol. The molecule has 9 heteroatoms. The van der Waals surface area contributed by atoms with Crippen LogP contribution >= 0.6 is 11.3 Å². The fourth-order valence-electron chi connectivity index (χ4n) is 2.85. The van der Waals surface area contributed by atoms with Crippen molar-refractivity contribution in [2.45, 2.75) is 20.0 Å². The molecule has 2 aromatic carbocycles. The summed E-state index contributed by atoms with van der Waals surface area (Å²) in [6.07, 6.45) is 1.82. The summed E-state index contributed by atoms with van der Waals surface area (Å²) in [5.74, 6) is 1.74. The molecule has 0 unspecified atom stereocenters. The number of hydrogen-bond donors (Lipinski definition) is 1. The molecule has 0 aliphatic carbocycles. The second-order valence-corrected chi connectivity index (χ2v) is 7.36. The largest absolute Gasteiger partial charge is 0.496 e. The summed E-state index contributed by atoms with van der Waals surface area (Å²) in [5, 5.41) is 6.63. The van der Waals surface area contributed by atoms with E-state index in [-0.39, 0.29) is 12.4 Å². The van der Waals surface area contributed by atoms with Crippen LogP contribution < -0.4 is 19.6 Å². The number of hydrazone groups is 1. The lowest BCUT2D eigenvalue weighted by molar-refractivity contribution is -0.142. The Bertz CT molecular complexity index is 1070. The van der Waals surface area contributed by atoms with Crippen LogP contribution in [0.5, 0.6) is 17.2 Å². The second-order valence-electron chi connectivity index (χ2n) is 6.51. The van der Waals surface area contributed by atoms with Crippen molar-refractivity contribution in [3.63, 3.8) is 0 Å². The van der Waals surface area contributed by atoms with Gasteiger partial charge in [0.25, 0.3) is 0 Å². The lowest BCUT2D eigenvalue weighted by Gasteiger charge is -2.13. The summed E-state index contributed by atoms with van der Waals surface area (Å²) < 4.78 is 21.6. The highest BCUT2D eigenvalue weighted by Crippen LogP contribution is 2.28. The van der Waals surface area contributed by atoms with E-state index in [0.717, 1.165) is 11.1 Å². The molecule has 0 fully saturated rings. The highest BCUT2D eigenvalue weighted by Gasteiger charge is 2.09. The van der Waals surface area contributed by atoms with E-state index in [2.05, 4.69) is 15.5 Å². The van der Waals surface area contributed by atoms with Crippen molar-refractivity contribution < 1.29 is 23.7 Å². The van der Waals surface area contributed by atoms with Gasteiger partial charge in [0.2, 0.25) is 5.13 Å². The van der Waals surface area contributed by atoms with E-state index in [1.165, 1.54) is 11.3 Å². The van der Waals surface area contributed by atoms with Gasteiger partial charge in [0.15, 0.2) is 11.5 Å². The minimum atomic E-state index is -0.297. The van der Waals surface area contributed by atoms with Crippen LogP contribution in [0.4, 0.5) is 5.13 Å². The average Bonchev–Trinajstić information content (AvgIpc) is 3.25. The molecule has 0 atom stereocenters. The lowest BCUT2D eigenvalue weighted by atomic mass is 10.1. The van der Waals surface area contributed by atoms with Crippen molar-refractivity contribution in [1.82, 2.24) is 4.98 Å². The maximum absolute atomic E-state index is 11.5. The molecule has 1 N–H and O–H groups in total. The van der Waals surface area contributed by atoms with Crippen molar-refractivity contribution in [3.05, 3.63) is 64.7 Å². The standard InChI is InChI=1S/C23H25N3O5S/c1-4-30-22(27)12-18-15-32-23(25-18)26-24-13-16-9-10-19(28-2)17(11-16)14-31-21-8-6-5-7-20(21)29-3/h5-11,13,15H,4,12,14H2,1-3H3,(H,25,26).